The van der Waals surface area contributed by atoms with Gasteiger partial charge in [-0.05, 0) is 23.8 Å². The number of benzene rings is 2. The molecule has 2 aromatic carbocycles. The molecule has 0 saturated carbocycles. The van der Waals surface area contributed by atoms with Gasteiger partial charge in [0, 0.05) is 10.8 Å². The number of rotatable bonds is 4. The summed E-state index contributed by atoms with van der Waals surface area (Å²) in [5, 5.41) is 0.793. The van der Waals surface area contributed by atoms with Crippen LogP contribution >= 0.6 is 23.4 Å². The van der Waals surface area contributed by atoms with Gasteiger partial charge in [-0.1, -0.05) is 35.9 Å². The third kappa shape index (κ3) is 2.76. The molecule has 20 heavy (non-hydrogen) atoms. The molecule has 0 bridgehead atoms. The van der Waals surface area contributed by atoms with E-state index in [0.29, 0.717) is 17.3 Å². The molecule has 0 aliphatic carbocycles. The van der Waals surface area contributed by atoms with Crippen LogP contribution in [0.3, 0.4) is 0 Å². The number of hydrogen-bond donors (Lipinski definition) is 1. The number of nitrogens with zero attached hydrogens (tertiary/aromatic N) is 1. The minimum absolute atomic E-state index is 0.647. The van der Waals surface area contributed by atoms with Gasteiger partial charge in [-0.2, -0.15) is 0 Å². The summed E-state index contributed by atoms with van der Waals surface area (Å²) in [5.41, 5.74) is 9.10. The summed E-state index contributed by atoms with van der Waals surface area (Å²) in [4.78, 5) is 4.42. The Hall–Kier alpha value is -1.65. The molecule has 0 spiro atoms. The second-order valence-corrected chi connectivity index (χ2v) is 5.78. The van der Waals surface area contributed by atoms with Gasteiger partial charge in [0.05, 0.1) is 11.4 Å². The molecule has 0 fully saturated rings. The molecule has 0 aliphatic heterocycles. The summed E-state index contributed by atoms with van der Waals surface area (Å²) in [6.45, 7) is 0. The smallest absolute Gasteiger partial charge is 0.205 e. The van der Waals surface area contributed by atoms with Gasteiger partial charge in [0.25, 0.3) is 0 Å². The molecular formula is C15H13ClN2OS. The molecule has 2 N–H and O–H groups in total. The summed E-state index contributed by atoms with van der Waals surface area (Å²) in [6, 6.07) is 13.4. The van der Waals surface area contributed by atoms with E-state index < -0.39 is 0 Å². The van der Waals surface area contributed by atoms with Crippen LogP contribution in [-0.2, 0) is 11.5 Å². The second-order valence-electron chi connectivity index (χ2n) is 4.39. The first-order chi connectivity index (χ1) is 9.74. The van der Waals surface area contributed by atoms with Crippen molar-refractivity contribution in [3.8, 4) is 0 Å². The summed E-state index contributed by atoms with van der Waals surface area (Å²) < 4.78 is 5.67. The van der Waals surface area contributed by atoms with Crippen LogP contribution in [0.25, 0.3) is 11.1 Å². The lowest BCUT2D eigenvalue weighted by atomic mass is 10.2. The van der Waals surface area contributed by atoms with Crippen molar-refractivity contribution >= 4 is 40.1 Å². The van der Waals surface area contributed by atoms with E-state index >= 15 is 0 Å². The third-order valence-corrected chi connectivity index (χ3v) is 4.27. The molecule has 1 heterocycles. The van der Waals surface area contributed by atoms with E-state index in [1.807, 2.05) is 42.5 Å². The summed E-state index contributed by atoms with van der Waals surface area (Å²) in [7, 11) is 0. The van der Waals surface area contributed by atoms with Gasteiger partial charge in [-0.15, -0.1) is 11.8 Å². The maximum Gasteiger partial charge on any atom is 0.205 e. The molecule has 3 aromatic rings. The van der Waals surface area contributed by atoms with E-state index in [1.54, 1.807) is 11.8 Å². The van der Waals surface area contributed by atoms with Gasteiger partial charge in [-0.25, -0.2) is 4.98 Å². The zero-order valence-corrected chi connectivity index (χ0v) is 12.2. The minimum Gasteiger partial charge on any atom is -0.440 e. The van der Waals surface area contributed by atoms with Gasteiger partial charge in [0.2, 0.25) is 5.89 Å². The van der Waals surface area contributed by atoms with Crippen molar-refractivity contribution in [3.63, 3.8) is 0 Å². The van der Waals surface area contributed by atoms with Crippen LogP contribution in [0.15, 0.2) is 46.9 Å². The highest BCUT2D eigenvalue weighted by atomic mass is 35.5. The lowest BCUT2D eigenvalue weighted by molar-refractivity contribution is 0.556. The largest absolute Gasteiger partial charge is 0.440 e. The standard InChI is InChI=1S/C15H13ClN2OS/c16-11-5-2-1-4-10(11)8-20-9-14-18-15-12(17)6-3-7-13(15)19-14/h1-7H,8-9,17H2. The molecule has 0 atom stereocenters. The van der Waals surface area contributed by atoms with Gasteiger partial charge >= 0.3 is 0 Å². The van der Waals surface area contributed by atoms with Crippen LogP contribution in [0.2, 0.25) is 5.02 Å². The van der Waals surface area contributed by atoms with Gasteiger partial charge in [0.15, 0.2) is 5.58 Å². The minimum atomic E-state index is 0.647. The van der Waals surface area contributed by atoms with E-state index in [-0.39, 0.29) is 0 Å². The van der Waals surface area contributed by atoms with Gasteiger partial charge in [0.1, 0.15) is 5.52 Å². The van der Waals surface area contributed by atoms with Crippen molar-refractivity contribution in [1.82, 2.24) is 4.98 Å². The molecule has 1 aromatic heterocycles. The number of nitrogen functional groups attached to an aromatic ring is 1. The summed E-state index contributed by atoms with van der Waals surface area (Å²) >= 11 is 7.84. The first-order valence-electron chi connectivity index (χ1n) is 6.19. The first kappa shape index (κ1) is 13.3. The van der Waals surface area contributed by atoms with E-state index in [1.165, 1.54) is 0 Å². The molecule has 5 heteroatoms. The highest BCUT2D eigenvalue weighted by Gasteiger charge is 2.08. The van der Waals surface area contributed by atoms with E-state index in [4.69, 9.17) is 21.8 Å². The zero-order chi connectivity index (χ0) is 13.9. The molecule has 0 amide bonds. The Kier molecular flexibility index (Phi) is 3.85. The van der Waals surface area contributed by atoms with Crippen molar-refractivity contribution in [2.75, 3.05) is 5.73 Å². The van der Waals surface area contributed by atoms with E-state index in [9.17, 15) is 0 Å². The monoisotopic (exact) mass is 304 g/mol. The maximum atomic E-state index is 6.12. The highest BCUT2D eigenvalue weighted by molar-refractivity contribution is 7.97. The Bertz CT molecular complexity index is 742. The number of anilines is 1. The fourth-order valence-corrected chi connectivity index (χ4v) is 3.09. The molecule has 3 rings (SSSR count). The van der Waals surface area contributed by atoms with Crippen LogP contribution in [0.4, 0.5) is 5.69 Å². The summed E-state index contributed by atoms with van der Waals surface area (Å²) in [6.07, 6.45) is 0. The SMILES string of the molecule is Nc1cccc2oc(CSCc3ccccc3Cl)nc12. The number of thioether (sulfide) groups is 1. The molecule has 102 valence electrons. The summed E-state index contributed by atoms with van der Waals surface area (Å²) in [5.74, 6) is 2.21. The number of oxazole rings is 1. The van der Waals surface area contributed by atoms with Crippen LogP contribution < -0.4 is 5.73 Å². The second kappa shape index (κ2) is 5.77. The fourth-order valence-electron chi connectivity index (χ4n) is 1.94. The normalized spacial score (nSPS) is 11.1. The van der Waals surface area contributed by atoms with Gasteiger partial charge in [-0.3, -0.25) is 0 Å². The Balaban J connectivity index is 1.68. The fraction of sp³-hybridized carbons (Fsp3) is 0.133. The zero-order valence-electron chi connectivity index (χ0n) is 10.7. The Morgan fingerprint density at radius 2 is 1.95 bits per heavy atom. The Morgan fingerprint density at radius 3 is 2.75 bits per heavy atom. The molecule has 3 nitrogen and oxygen atoms in total. The van der Waals surface area contributed by atoms with Crippen molar-refractivity contribution in [1.29, 1.82) is 0 Å². The van der Waals surface area contributed by atoms with Crippen molar-refractivity contribution < 1.29 is 4.42 Å². The number of fused-ring (bicyclic) bond motifs is 1. The topological polar surface area (TPSA) is 52.0 Å². The predicted octanol–water partition coefficient (Wildman–Crippen LogP) is 4.50. The number of para-hydroxylation sites is 1. The average Bonchev–Trinajstić information content (AvgIpc) is 2.85. The molecule has 0 saturated heterocycles. The number of aromatic nitrogens is 1. The van der Waals surface area contributed by atoms with Crippen molar-refractivity contribution in [2.24, 2.45) is 0 Å². The van der Waals surface area contributed by atoms with Gasteiger partial charge < -0.3 is 10.2 Å². The molecule has 0 unspecified atom stereocenters. The van der Waals surface area contributed by atoms with Crippen LogP contribution in [0, 0.1) is 0 Å². The van der Waals surface area contributed by atoms with E-state index in [2.05, 4.69) is 4.98 Å². The van der Waals surface area contributed by atoms with E-state index in [0.717, 1.165) is 27.4 Å². The number of nitrogens with two attached hydrogens (primary N) is 1. The Labute approximate surface area is 126 Å². The molecule has 0 radical (unpaired) electrons. The lowest BCUT2D eigenvalue weighted by Crippen LogP contribution is -1.86. The van der Waals surface area contributed by atoms with Crippen LogP contribution in [0.1, 0.15) is 11.5 Å². The van der Waals surface area contributed by atoms with Crippen molar-refractivity contribution in [3.05, 3.63) is 58.9 Å². The van der Waals surface area contributed by atoms with Crippen molar-refractivity contribution in [2.45, 2.75) is 11.5 Å². The van der Waals surface area contributed by atoms with Crippen LogP contribution in [0.5, 0.6) is 0 Å². The molecule has 0 aliphatic rings. The number of halogens is 1. The predicted molar refractivity (Wildman–Crippen MR) is 84.9 cm³/mol. The Morgan fingerprint density at radius 1 is 1.10 bits per heavy atom. The highest BCUT2D eigenvalue weighted by Crippen LogP contribution is 2.26. The molecular weight excluding hydrogens is 292 g/mol. The average molecular weight is 305 g/mol. The maximum absolute atomic E-state index is 6.12. The quantitative estimate of drug-likeness (QED) is 0.721. The van der Waals surface area contributed by atoms with Crippen LogP contribution in [-0.4, -0.2) is 4.98 Å². The third-order valence-electron chi connectivity index (χ3n) is 2.94. The lowest BCUT2D eigenvalue weighted by Gasteiger charge is -2.01. The number of hydrogen-bond acceptors (Lipinski definition) is 4. The first-order valence-corrected chi connectivity index (χ1v) is 7.72.